The molecule has 0 aromatic heterocycles. The first-order valence-electron chi connectivity index (χ1n) is 4.63. The number of hydrogen-bond donors (Lipinski definition) is 0. The molecule has 2 heteroatoms. The van der Waals surface area contributed by atoms with Gasteiger partial charge in [-0.05, 0) is 19.8 Å². The zero-order valence-corrected chi connectivity index (χ0v) is 7.08. The van der Waals surface area contributed by atoms with Crippen LogP contribution in [0.5, 0.6) is 0 Å². The number of unbranched alkanes of at least 4 members (excludes halogenated alkanes) is 1. The zero-order chi connectivity index (χ0) is 7.68. The summed E-state index contributed by atoms with van der Waals surface area (Å²) in [5, 5.41) is 0. The van der Waals surface area contributed by atoms with Crippen LogP contribution in [0, 0.1) is 0 Å². The van der Waals surface area contributed by atoms with Crippen LogP contribution < -0.4 is 0 Å². The summed E-state index contributed by atoms with van der Waals surface area (Å²) in [6, 6.07) is 0. The van der Waals surface area contributed by atoms with E-state index in [9.17, 15) is 0 Å². The van der Waals surface area contributed by atoms with E-state index in [2.05, 4.69) is 6.92 Å². The van der Waals surface area contributed by atoms with Gasteiger partial charge in [0.05, 0.1) is 24.9 Å². The maximum Gasteiger partial charge on any atom is 0.0839 e. The Morgan fingerprint density at radius 1 is 1.27 bits per heavy atom. The Labute approximate surface area is 67.9 Å². The van der Waals surface area contributed by atoms with E-state index in [-0.39, 0.29) is 0 Å². The molecular formula is C9H16O2. The summed E-state index contributed by atoms with van der Waals surface area (Å²) in [4.78, 5) is 0. The van der Waals surface area contributed by atoms with Gasteiger partial charge in [0.1, 0.15) is 0 Å². The highest BCUT2D eigenvalue weighted by Gasteiger charge is 2.33. The van der Waals surface area contributed by atoms with Gasteiger partial charge in [0, 0.05) is 0 Å². The highest BCUT2D eigenvalue weighted by molar-refractivity contribution is 4.80. The summed E-state index contributed by atoms with van der Waals surface area (Å²) in [5.74, 6) is 0. The molecule has 2 saturated heterocycles. The maximum absolute atomic E-state index is 5.31. The van der Waals surface area contributed by atoms with Gasteiger partial charge in [-0.2, -0.15) is 0 Å². The zero-order valence-electron chi connectivity index (χ0n) is 7.08. The van der Waals surface area contributed by atoms with Crippen LogP contribution in [0.2, 0.25) is 0 Å². The minimum absolute atomic E-state index is 0.548. The van der Waals surface area contributed by atoms with Gasteiger partial charge in [-0.25, -0.2) is 0 Å². The van der Waals surface area contributed by atoms with Crippen molar-refractivity contribution in [3.05, 3.63) is 0 Å². The Hall–Kier alpha value is -0.0800. The topological polar surface area (TPSA) is 25.1 Å². The lowest BCUT2D eigenvalue weighted by Crippen LogP contribution is -1.91. The van der Waals surface area contributed by atoms with Gasteiger partial charge in [0.25, 0.3) is 0 Å². The third kappa shape index (κ3) is 2.46. The van der Waals surface area contributed by atoms with Gasteiger partial charge in [0.15, 0.2) is 0 Å². The highest BCUT2D eigenvalue weighted by Crippen LogP contribution is 2.27. The van der Waals surface area contributed by atoms with Crippen LogP contribution in [0.25, 0.3) is 0 Å². The molecule has 2 rings (SSSR count). The summed E-state index contributed by atoms with van der Waals surface area (Å²) in [6.45, 7) is 3.16. The molecule has 2 nitrogen and oxygen atoms in total. The summed E-state index contributed by atoms with van der Waals surface area (Å²) < 4.78 is 10.4. The van der Waals surface area contributed by atoms with Crippen molar-refractivity contribution >= 4 is 0 Å². The van der Waals surface area contributed by atoms with E-state index in [4.69, 9.17) is 9.47 Å². The Morgan fingerprint density at radius 3 is 2.45 bits per heavy atom. The van der Waals surface area contributed by atoms with Gasteiger partial charge in [-0.15, -0.1) is 0 Å². The van der Waals surface area contributed by atoms with E-state index in [0.29, 0.717) is 18.3 Å². The first kappa shape index (κ1) is 7.56. The van der Waals surface area contributed by atoms with Gasteiger partial charge in [-0.1, -0.05) is 12.8 Å². The fourth-order valence-electron chi connectivity index (χ4n) is 1.49. The first-order valence-corrected chi connectivity index (χ1v) is 4.63. The first-order chi connectivity index (χ1) is 5.36. The number of hydrogen-bond acceptors (Lipinski definition) is 2. The molecule has 3 atom stereocenters. The summed E-state index contributed by atoms with van der Waals surface area (Å²) in [5.41, 5.74) is 0. The van der Waals surface area contributed by atoms with Crippen molar-refractivity contribution in [2.24, 2.45) is 0 Å². The molecular weight excluding hydrogens is 140 g/mol. The van der Waals surface area contributed by atoms with Crippen molar-refractivity contribution in [2.45, 2.75) is 50.9 Å². The molecule has 0 amide bonds. The smallest absolute Gasteiger partial charge is 0.0839 e. The van der Waals surface area contributed by atoms with Crippen molar-refractivity contribution in [1.82, 2.24) is 0 Å². The lowest BCUT2D eigenvalue weighted by molar-refractivity contribution is 0.357. The normalized spacial score (nSPS) is 40.6. The molecule has 0 aliphatic carbocycles. The third-order valence-corrected chi connectivity index (χ3v) is 2.50. The molecule has 0 aromatic rings. The second-order valence-corrected chi connectivity index (χ2v) is 3.62. The molecule has 64 valence electrons. The molecule has 0 N–H and O–H groups in total. The molecule has 0 spiro atoms. The number of rotatable bonds is 5. The SMILES string of the molecule is CC1OC1CCCCC1CO1. The summed E-state index contributed by atoms with van der Waals surface area (Å²) in [7, 11) is 0. The van der Waals surface area contributed by atoms with Crippen LogP contribution in [-0.2, 0) is 9.47 Å². The number of ether oxygens (including phenoxy) is 2. The molecule has 0 aromatic carbocycles. The molecule has 2 aliphatic heterocycles. The molecule has 0 saturated carbocycles. The average molecular weight is 156 g/mol. The predicted octanol–water partition coefficient (Wildman–Crippen LogP) is 1.73. The second-order valence-electron chi connectivity index (χ2n) is 3.62. The van der Waals surface area contributed by atoms with E-state index in [1.807, 2.05) is 0 Å². The standard InChI is InChI=1S/C9H16O2/c1-7-9(11-7)5-3-2-4-8-6-10-8/h7-9H,2-6H2,1H3. The van der Waals surface area contributed by atoms with Crippen LogP contribution in [0.15, 0.2) is 0 Å². The van der Waals surface area contributed by atoms with Crippen molar-refractivity contribution in [3.8, 4) is 0 Å². The van der Waals surface area contributed by atoms with Gasteiger partial charge in [-0.3, -0.25) is 0 Å². The minimum atomic E-state index is 0.548. The summed E-state index contributed by atoms with van der Waals surface area (Å²) in [6.07, 6.45) is 6.91. The third-order valence-electron chi connectivity index (χ3n) is 2.50. The number of epoxide rings is 2. The van der Waals surface area contributed by atoms with E-state index < -0.39 is 0 Å². The highest BCUT2D eigenvalue weighted by atomic mass is 16.6. The van der Waals surface area contributed by atoms with Crippen LogP contribution in [0.4, 0.5) is 0 Å². The molecule has 0 radical (unpaired) electrons. The van der Waals surface area contributed by atoms with Crippen LogP contribution in [0.1, 0.15) is 32.6 Å². The van der Waals surface area contributed by atoms with Crippen molar-refractivity contribution < 1.29 is 9.47 Å². The van der Waals surface area contributed by atoms with Crippen molar-refractivity contribution in [2.75, 3.05) is 6.61 Å². The molecule has 3 unspecified atom stereocenters. The van der Waals surface area contributed by atoms with Crippen molar-refractivity contribution in [1.29, 1.82) is 0 Å². The largest absolute Gasteiger partial charge is 0.373 e. The van der Waals surface area contributed by atoms with Gasteiger partial charge < -0.3 is 9.47 Å². The van der Waals surface area contributed by atoms with Crippen LogP contribution in [0.3, 0.4) is 0 Å². The average Bonchev–Trinajstić information content (AvgIpc) is 2.81. The molecule has 2 heterocycles. The lowest BCUT2D eigenvalue weighted by Gasteiger charge is -1.94. The Balaban J connectivity index is 1.41. The fraction of sp³-hybridized carbons (Fsp3) is 1.00. The predicted molar refractivity (Wildman–Crippen MR) is 42.5 cm³/mol. The Bertz CT molecular complexity index is 132. The van der Waals surface area contributed by atoms with Crippen LogP contribution in [-0.4, -0.2) is 24.9 Å². The van der Waals surface area contributed by atoms with Gasteiger partial charge >= 0.3 is 0 Å². The van der Waals surface area contributed by atoms with E-state index in [1.165, 1.54) is 25.7 Å². The summed E-state index contributed by atoms with van der Waals surface area (Å²) >= 11 is 0. The molecule has 0 bridgehead atoms. The molecule has 2 aliphatic rings. The van der Waals surface area contributed by atoms with E-state index in [0.717, 1.165) is 6.61 Å². The Kier molecular flexibility index (Phi) is 2.14. The lowest BCUT2D eigenvalue weighted by atomic mass is 10.1. The molecule has 2 fully saturated rings. The molecule has 11 heavy (non-hydrogen) atoms. The van der Waals surface area contributed by atoms with E-state index >= 15 is 0 Å². The quantitative estimate of drug-likeness (QED) is 0.447. The van der Waals surface area contributed by atoms with E-state index in [1.54, 1.807) is 0 Å². The monoisotopic (exact) mass is 156 g/mol. The van der Waals surface area contributed by atoms with Crippen LogP contribution >= 0.6 is 0 Å². The van der Waals surface area contributed by atoms with Crippen molar-refractivity contribution in [3.63, 3.8) is 0 Å². The maximum atomic E-state index is 5.31. The fourth-order valence-corrected chi connectivity index (χ4v) is 1.49. The second kappa shape index (κ2) is 3.11. The van der Waals surface area contributed by atoms with Gasteiger partial charge in [0.2, 0.25) is 0 Å². The Morgan fingerprint density at radius 2 is 1.91 bits per heavy atom. The minimum Gasteiger partial charge on any atom is -0.373 e.